The second kappa shape index (κ2) is 15.1. The predicted octanol–water partition coefficient (Wildman–Crippen LogP) is -0.742. The first-order valence-corrected chi connectivity index (χ1v) is 12.7. The van der Waals surface area contributed by atoms with Gasteiger partial charge in [-0.2, -0.15) is 0 Å². The zero-order chi connectivity index (χ0) is 19.0. The zero-order valence-corrected chi connectivity index (χ0v) is 22.9. The SMILES string of the molecule is [Br-].[Br-].[Ni+2].c1ccc(P(CCP(c2ccccc2)c2ccccc2)c2ccccc2)cc1. The van der Waals surface area contributed by atoms with Gasteiger partial charge in [-0.3, -0.25) is 0 Å². The Labute approximate surface area is 219 Å². The van der Waals surface area contributed by atoms with Crippen LogP contribution < -0.4 is 55.2 Å². The van der Waals surface area contributed by atoms with E-state index in [1.54, 1.807) is 0 Å². The molecule has 31 heavy (non-hydrogen) atoms. The van der Waals surface area contributed by atoms with Crippen molar-refractivity contribution in [3.63, 3.8) is 0 Å². The third kappa shape index (κ3) is 7.92. The van der Waals surface area contributed by atoms with Crippen LogP contribution in [0.4, 0.5) is 0 Å². The van der Waals surface area contributed by atoms with Crippen molar-refractivity contribution in [2.75, 3.05) is 12.3 Å². The Morgan fingerprint density at radius 2 is 0.548 bits per heavy atom. The molecular weight excluding hydrogens is 593 g/mol. The molecule has 0 spiro atoms. The van der Waals surface area contributed by atoms with E-state index in [-0.39, 0.29) is 66.3 Å². The summed E-state index contributed by atoms with van der Waals surface area (Å²) in [4.78, 5) is 0. The molecule has 0 radical (unpaired) electrons. The number of benzene rings is 4. The van der Waals surface area contributed by atoms with E-state index in [1.807, 2.05) is 0 Å². The summed E-state index contributed by atoms with van der Waals surface area (Å²) >= 11 is 0. The number of hydrogen-bond acceptors (Lipinski definition) is 0. The second-order valence-electron chi connectivity index (χ2n) is 6.65. The molecule has 0 heterocycles. The zero-order valence-electron chi connectivity index (χ0n) is 16.9. The predicted molar refractivity (Wildman–Crippen MR) is 128 cm³/mol. The molecule has 0 atom stereocenters. The Bertz CT molecular complexity index is 809. The van der Waals surface area contributed by atoms with Gasteiger partial charge in [-0.05, 0) is 49.4 Å². The molecule has 0 saturated carbocycles. The van der Waals surface area contributed by atoms with Gasteiger partial charge in [-0.25, -0.2) is 0 Å². The molecule has 0 nitrogen and oxygen atoms in total. The van der Waals surface area contributed by atoms with Gasteiger partial charge in [0.2, 0.25) is 0 Å². The van der Waals surface area contributed by atoms with Crippen molar-refractivity contribution >= 4 is 37.1 Å². The summed E-state index contributed by atoms with van der Waals surface area (Å²) in [6, 6.07) is 44.2. The monoisotopic (exact) mass is 614 g/mol. The van der Waals surface area contributed by atoms with Crippen molar-refractivity contribution in [2.24, 2.45) is 0 Å². The molecule has 5 heteroatoms. The fraction of sp³-hybridized carbons (Fsp3) is 0.0769. The van der Waals surface area contributed by atoms with Crippen LogP contribution in [0.15, 0.2) is 121 Å². The van der Waals surface area contributed by atoms with Gasteiger partial charge in [0.25, 0.3) is 0 Å². The van der Waals surface area contributed by atoms with Gasteiger partial charge in [-0.15, -0.1) is 0 Å². The largest absolute Gasteiger partial charge is 2.00 e. The summed E-state index contributed by atoms with van der Waals surface area (Å²) < 4.78 is 0. The summed E-state index contributed by atoms with van der Waals surface area (Å²) in [5.74, 6) is 0. The van der Waals surface area contributed by atoms with E-state index in [2.05, 4.69) is 121 Å². The quantitative estimate of drug-likeness (QED) is 0.190. The fourth-order valence-electron chi connectivity index (χ4n) is 3.45. The summed E-state index contributed by atoms with van der Waals surface area (Å²) in [5, 5.41) is 5.89. The summed E-state index contributed by atoms with van der Waals surface area (Å²) in [5.41, 5.74) is 0. The van der Waals surface area contributed by atoms with E-state index in [0.717, 1.165) is 0 Å². The Morgan fingerprint density at radius 3 is 0.742 bits per heavy atom. The van der Waals surface area contributed by atoms with E-state index in [9.17, 15) is 0 Å². The molecule has 4 aromatic carbocycles. The van der Waals surface area contributed by atoms with Crippen LogP contribution in [0.2, 0.25) is 0 Å². The Hall–Kier alpha value is -0.806. The molecule has 0 fully saturated rings. The van der Waals surface area contributed by atoms with E-state index in [4.69, 9.17) is 0 Å². The van der Waals surface area contributed by atoms with E-state index in [1.165, 1.54) is 33.5 Å². The molecule has 0 aliphatic heterocycles. The Morgan fingerprint density at radius 1 is 0.355 bits per heavy atom. The van der Waals surface area contributed by atoms with Gasteiger partial charge >= 0.3 is 16.5 Å². The van der Waals surface area contributed by atoms with Crippen LogP contribution in [-0.2, 0) is 16.5 Å². The van der Waals surface area contributed by atoms with E-state index in [0.29, 0.717) is 0 Å². The standard InChI is InChI=1S/C26H24P2.2BrH.Ni/c1-5-13-23(14-6-1)27(24-15-7-2-8-16-24)21-22-28(25-17-9-3-10-18-25)26-19-11-4-12-20-26;;;/h1-20H,21-22H2;2*1H;/q;;;+2/p-2. The number of rotatable bonds is 7. The van der Waals surface area contributed by atoms with Crippen LogP contribution in [0.5, 0.6) is 0 Å². The molecule has 4 rings (SSSR count). The Kier molecular flexibility index (Phi) is 13.8. The first-order valence-electron chi connectivity index (χ1n) is 9.67. The molecular formula is C26H24Br2NiP2. The summed E-state index contributed by atoms with van der Waals surface area (Å²) in [6.07, 6.45) is 2.41. The van der Waals surface area contributed by atoms with Gasteiger partial charge in [-0.1, -0.05) is 121 Å². The minimum atomic E-state index is -0.348. The van der Waals surface area contributed by atoms with Gasteiger partial charge in [0.15, 0.2) is 0 Å². The molecule has 0 bridgehead atoms. The molecule has 0 amide bonds. The maximum atomic E-state index is 2.30. The first-order chi connectivity index (χ1) is 13.9. The van der Waals surface area contributed by atoms with E-state index >= 15 is 0 Å². The molecule has 0 aliphatic rings. The fourth-order valence-corrected chi connectivity index (χ4v) is 8.80. The van der Waals surface area contributed by atoms with Crippen LogP contribution in [0.25, 0.3) is 0 Å². The van der Waals surface area contributed by atoms with Crippen molar-refractivity contribution in [3.8, 4) is 0 Å². The minimum absolute atomic E-state index is 0. The molecule has 162 valence electrons. The second-order valence-corrected chi connectivity index (χ2v) is 11.3. The topological polar surface area (TPSA) is 0 Å². The van der Waals surface area contributed by atoms with Crippen molar-refractivity contribution < 1.29 is 50.5 Å². The van der Waals surface area contributed by atoms with Crippen LogP contribution in [0.3, 0.4) is 0 Å². The Balaban J connectivity index is 0.00000160. The van der Waals surface area contributed by atoms with Gasteiger partial charge < -0.3 is 34.0 Å². The average molecular weight is 617 g/mol. The van der Waals surface area contributed by atoms with Gasteiger partial charge in [0.05, 0.1) is 0 Å². The maximum absolute atomic E-state index is 2.30. The molecule has 0 aromatic heterocycles. The number of hydrogen-bond donors (Lipinski definition) is 0. The molecule has 0 aliphatic carbocycles. The van der Waals surface area contributed by atoms with E-state index < -0.39 is 0 Å². The first kappa shape index (κ1) is 28.2. The van der Waals surface area contributed by atoms with Crippen LogP contribution in [0, 0.1) is 0 Å². The summed E-state index contributed by atoms with van der Waals surface area (Å²) in [6.45, 7) is 0. The third-order valence-electron chi connectivity index (χ3n) is 4.82. The molecule has 0 N–H and O–H groups in total. The van der Waals surface area contributed by atoms with Crippen molar-refractivity contribution in [1.82, 2.24) is 0 Å². The van der Waals surface area contributed by atoms with Crippen molar-refractivity contribution in [3.05, 3.63) is 121 Å². The van der Waals surface area contributed by atoms with Gasteiger partial charge in [0.1, 0.15) is 0 Å². The smallest absolute Gasteiger partial charge is 1.00 e. The summed E-state index contributed by atoms with van der Waals surface area (Å²) in [7, 11) is -0.696. The third-order valence-corrected chi connectivity index (χ3v) is 10.2. The molecule has 0 saturated heterocycles. The van der Waals surface area contributed by atoms with Gasteiger partial charge in [0, 0.05) is 0 Å². The maximum Gasteiger partial charge on any atom is 2.00 e. The minimum Gasteiger partial charge on any atom is -1.00 e. The number of halogens is 2. The molecule has 4 aromatic rings. The molecule has 0 unspecified atom stereocenters. The van der Waals surface area contributed by atoms with Crippen molar-refractivity contribution in [1.29, 1.82) is 0 Å². The van der Waals surface area contributed by atoms with Crippen LogP contribution >= 0.6 is 15.8 Å². The van der Waals surface area contributed by atoms with Crippen LogP contribution in [0.1, 0.15) is 0 Å². The average Bonchev–Trinajstić information content (AvgIpc) is 2.79. The normalized spacial score (nSPS) is 10.0. The van der Waals surface area contributed by atoms with Crippen LogP contribution in [-0.4, -0.2) is 12.3 Å². The van der Waals surface area contributed by atoms with Crippen molar-refractivity contribution in [2.45, 2.75) is 0 Å².